The highest BCUT2D eigenvalue weighted by Crippen LogP contribution is 2.51. The number of unbranched alkanes of at least 4 members (excludes halogenated alkanes) is 4. The molecule has 3 aliphatic rings. The Morgan fingerprint density at radius 1 is 0.679 bits per heavy atom. The molecule has 4 heteroatoms. The van der Waals surface area contributed by atoms with Crippen LogP contribution in [-0.2, 0) is 20.4 Å². The summed E-state index contributed by atoms with van der Waals surface area (Å²) in [6, 6.07) is 26.8. The van der Waals surface area contributed by atoms with E-state index in [1.54, 1.807) is 13.8 Å². The second kappa shape index (κ2) is 16.7. The summed E-state index contributed by atoms with van der Waals surface area (Å²) in [4.78, 5) is 25.8. The Balaban J connectivity index is 1.19. The molecule has 4 aromatic carbocycles. The number of nitrogens with zero attached hydrogens (tertiary/aromatic N) is 2. The van der Waals surface area contributed by atoms with Gasteiger partial charge in [0.05, 0.1) is 5.41 Å². The molecule has 0 aromatic heterocycles. The maximum atomic E-state index is 11.6. The van der Waals surface area contributed by atoms with Crippen molar-refractivity contribution in [3.8, 4) is 0 Å². The smallest absolute Gasteiger partial charge is 0.210 e. The van der Waals surface area contributed by atoms with Crippen LogP contribution in [0.25, 0.3) is 21.5 Å². The second-order valence-corrected chi connectivity index (χ2v) is 17.5. The van der Waals surface area contributed by atoms with E-state index in [1.165, 1.54) is 66.6 Å². The van der Waals surface area contributed by atoms with Crippen molar-refractivity contribution in [1.82, 2.24) is 0 Å². The van der Waals surface area contributed by atoms with Crippen molar-refractivity contribution in [3.05, 3.63) is 131 Å². The highest BCUT2D eigenvalue weighted by atomic mass is 16.1. The van der Waals surface area contributed by atoms with E-state index >= 15 is 0 Å². The third-order valence-corrected chi connectivity index (χ3v) is 12.5. The third-order valence-electron chi connectivity index (χ3n) is 12.5. The average Bonchev–Trinajstić information content (AvgIpc) is 3.53. The van der Waals surface area contributed by atoms with Crippen molar-refractivity contribution >= 4 is 50.2 Å². The summed E-state index contributed by atoms with van der Waals surface area (Å²) in [5.41, 5.74) is 10.7. The average molecular weight is 746 g/mol. The lowest BCUT2D eigenvalue weighted by molar-refractivity contribution is -0.438. The first-order chi connectivity index (χ1) is 27.0. The second-order valence-electron chi connectivity index (χ2n) is 17.5. The van der Waals surface area contributed by atoms with Gasteiger partial charge in [-0.1, -0.05) is 93.1 Å². The first-order valence-corrected chi connectivity index (χ1v) is 21.2. The van der Waals surface area contributed by atoms with Crippen LogP contribution in [0.3, 0.4) is 0 Å². The van der Waals surface area contributed by atoms with E-state index in [0.717, 1.165) is 70.9 Å². The molecule has 0 fully saturated rings. The maximum Gasteiger partial charge on any atom is 0.210 e. The van der Waals surface area contributed by atoms with Crippen molar-refractivity contribution in [3.63, 3.8) is 0 Å². The van der Waals surface area contributed by atoms with E-state index in [2.05, 4.69) is 140 Å². The topological polar surface area (TPSA) is 40.4 Å². The molecule has 0 spiro atoms. The number of benzene rings is 4. The van der Waals surface area contributed by atoms with Crippen LogP contribution in [0.15, 0.2) is 120 Å². The zero-order chi connectivity index (χ0) is 39.5. The molecule has 290 valence electrons. The fraction of sp³-hybridized carbons (Fsp3) is 0.404. The standard InChI is InChI=1S/C52H61N2O2/c1-37(55)18-9-7-15-34-53-45-30-28-41-22-11-13-24-43(41)49(45)51(3,4)47(53)32-26-39-20-17-21-40(36-39)27-33-48-52(5,6)50-44-25-14-12-23-42(44)29-31-46(50)54(48)35-16-8-10-19-38(2)56/h11-14,22-33,36H,7-10,15-21,34-35H2,1-6H3/q+1. The Hall–Kier alpha value is -4.83. The summed E-state index contributed by atoms with van der Waals surface area (Å²) in [5, 5.41) is 5.26. The number of hydrogen-bond acceptors (Lipinski definition) is 3. The number of fused-ring (bicyclic) bond motifs is 6. The Labute approximate surface area is 335 Å². The number of rotatable bonds is 15. The molecule has 0 atom stereocenters. The van der Waals surface area contributed by atoms with E-state index in [0.29, 0.717) is 12.8 Å². The number of carbonyl (C=O) groups is 2. The minimum atomic E-state index is -0.146. The molecule has 0 N–H and O–H groups in total. The molecule has 0 radical (unpaired) electrons. The van der Waals surface area contributed by atoms with Gasteiger partial charge >= 0.3 is 0 Å². The van der Waals surface area contributed by atoms with E-state index < -0.39 is 0 Å². The molecule has 0 bridgehead atoms. The molecule has 4 aromatic rings. The van der Waals surface area contributed by atoms with Crippen molar-refractivity contribution in [1.29, 1.82) is 0 Å². The van der Waals surface area contributed by atoms with Crippen molar-refractivity contribution in [2.24, 2.45) is 0 Å². The van der Waals surface area contributed by atoms with Crippen LogP contribution in [0.2, 0.25) is 0 Å². The fourth-order valence-electron chi connectivity index (χ4n) is 9.71. The number of allylic oxidation sites excluding steroid dienone is 8. The van der Waals surface area contributed by atoms with Crippen LogP contribution in [0.5, 0.6) is 0 Å². The van der Waals surface area contributed by atoms with E-state index in [-0.39, 0.29) is 22.4 Å². The van der Waals surface area contributed by atoms with Crippen LogP contribution in [-0.4, -0.2) is 34.9 Å². The first kappa shape index (κ1) is 39.4. The van der Waals surface area contributed by atoms with Gasteiger partial charge < -0.3 is 14.5 Å². The highest BCUT2D eigenvalue weighted by molar-refractivity contribution is 6.07. The molecule has 7 rings (SSSR count). The Bertz CT molecular complexity index is 2310. The lowest BCUT2D eigenvalue weighted by Gasteiger charge is -2.27. The summed E-state index contributed by atoms with van der Waals surface area (Å²) in [5.74, 6) is 0.565. The number of anilines is 1. The predicted octanol–water partition coefficient (Wildman–Crippen LogP) is 12.9. The van der Waals surface area contributed by atoms with Crippen LogP contribution in [0.4, 0.5) is 11.4 Å². The largest absolute Gasteiger partial charge is 0.344 e. The van der Waals surface area contributed by atoms with Crippen LogP contribution in [0, 0.1) is 0 Å². The molecule has 56 heavy (non-hydrogen) atoms. The maximum absolute atomic E-state index is 11.6. The number of carbonyl (C=O) groups excluding carboxylic acids is 2. The van der Waals surface area contributed by atoms with E-state index in [1.807, 2.05) is 0 Å². The van der Waals surface area contributed by atoms with E-state index in [9.17, 15) is 9.59 Å². The Morgan fingerprint density at radius 2 is 1.32 bits per heavy atom. The zero-order valence-corrected chi connectivity index (χ0v) is 34.7. The minimum absolute atomic E-state index is 0.146. The predicted molar refractivity (Wildman–Crippen MR) is 237 cm³/mol. The lowest BCUT2D eigenvalue weighted by Crippen LogP contribution is -2.28. The molecule has 0 unspecified atom stereocenters. The molecule has 4 nitrogen and oxygen atoms in total. The highest BCUT2D eigenvalue weighted by Gasteiger charge is 2.45. The van der Waals surface area contributed by atoms with Gasteiger partial charge in [-0.15, -0.1) is 0 Å². The SMILES string of the molecule is CC(=O)CCCCCN1/C(=C/C=C2C=C(/C=C/C3=[N+](CCCCCC(C)=O)c4ccc5ccccc5c4C3(C)C)CCC/2)C(C)(C)c2c1ccc1ccccc21. The van der Waals surface area contributed by atoms with Gasteiger partial charge in [-0.05, 0) is 129 Å². The normalized spacial score (nSPS) is 18.8. The van der Waals surface area contributed by atoms with Gasteiger partial charge in [-0.25, -0.2) is 0 Å². The Kier molecular flexibility index (Phi) is 11.8. The molecule has 1 aliphatic carbocycles. The number of Topliss-reactive ketones (excluding diaryl/α,β-unsaturated/α-hetero) is 2. The van der Waals surface area contributed by atoms with Gasteiger partial charge in [-0.3, -0.25) is 0 Å². The summed E-state index contributed by atoms with van der Waals surface area (Å²) in [6.07, 6.45) is 22.8. The van der Waals surface area contributed by atoms with Crippen LogP contribution < -0.4 is 4.90 Å². The number of hydrogen-bond donors (Lipinski definition) is 0. The van der Waals surface area contributed by atoms with Gasteiger partial charge in [0.15, 0.2) is 5.71 Å². The van der Waals surface area contributed by atoms with E-state index in [4.69, 9.17) is 0 Å². The van der Waals surface area contributed by atoms with Gasteiger partial charge in [0.1, 0.15) is 18.1 Å². The van der Waals surface area contributed by atoms with Gasteiger partial charge in [0, 0.05) is 60.3 Å². The summed E-state index contributed by atoms with van der Waals surface area (Å²) < 4.78 is 2.56. The molecular weight excluding hydrogens is 685 g/mol. The van der Waals surface area contributed by atoms with Gasteiger partial charge in [-0.2, -0.15) is 4.58 Å². The Morgan fingerprint density at radius 3 is 2.02 bits per heavy atom. The van der Waals surface area contributed by atoms with Crippen LogP contribution >= 0.6 is 0 Å². The summed E-state index contributed by atoms with van der Waals surface area (Å²) in [7, 11) is 0. The number of ketones is 2. The molecule has 0 saturated heterocycles. The minimum Gasteiger partial charge on any atom is -0.344 e. The van der Waals surface area contributed by atoms with Crippen molar-refractivity contribution < 1.29 is 14.2 Å². The molecule has 0 saturated carbocycles. The molecule has 2 aliphatic heterocycles. The monoisotopic (exact) mass is 745 g/mol. The van der Waals surface area contributed by atoms with Crippen LogP contribution in [0.1, 0.15) is 123 Å². The van der Waals surface area contributed by atoms with Gasteiger partial charge in [0.25, 0.3) is 0 Å². The molecule has 2 heterocycles. The van der Waals surface area contributed by atoms with Gasteiger partial charge in [0.2, 0.25) is 5.69 Å². The summed E-state index contributed by atoms with van der Waals surface area (Å²) in [6.45, 7) is 14.9. The third kappa shape index (κ3) is 8.03. The first-order valence-electron chi connectivity index (χ1n) is 21.2. The quantitative estimate of drug-likeness (QED) is 0.0898. The van der Waals surface area contributed by atoms with Crippen molar-refractivity contribution in [2.75, 3.05) is 18.0 Å². The molecule has 0 amide bonds. The fourth-order valence-corrected chi connectivity index (χ4v) is 9.71. The molecular formula is C52H61N2O2+. The zero-order valence-electron chi connectivity index (χ0n) is 34.7. The lowest BCUT2D eigenvalue weighted by atomic mass is 9.79. The summed E-state index contributed by atoms with van der Waals surface area (Å²) >= 11 is 0. The van der Waals surface area contributed by atoms with Crippen molar-refractivity contribution in [2.45, 2.75) is 123 Å².